The summed E-state index contributed by atoms with van der Waals surface area (Å²) >= 11 is 0. The van der Waals surface area contributed by atoms with Gasteiger partial charge in [-0.25, -0.2) is 9.37 Å². The van der Waals surface area contributed by atoms with Crippen molar-refractivity contribution in [3.8, 4) is 11.5 Å². The van der Waals surface area contributed by atoms with Crippen molar-refractivity contribution in [3.05, 3.63) is 47.8 Å². The zero-order valence-corrected chi connectivity index (χ0v) is 21.4. The van der Waals surface area contributed by atoms with E-state index in [1.165, 1.54) is 14.2 Å². The third-order valence-corrected chi connectivity index (χ3v) is 6.31. The van der Waals surface area contributed by atoms with Crippen molar-refractivity contribution >= 4 is 41.0 Å². The second-order valence-corrected chi connectivity index (χ2v) is 8.77. The van der Waals surface area contributed by atoms with E-state index in [1.807, 2.05) is 47.1 Å². The molecule has 36 heavy (non-hydrogen) atoms. The number of carbonyl (C=O) groups excluding carboxylic acids is 1. The molecule has 2 atom stereocenters. The van der Waals surface area contributed by atoms with Crippen molar-refractivity contribution in [2.45, 2.75) is 31.8 Å². The molecule has 0 bridgehead atoms. The minimum absolute atomic E-state index is 0. The quantitative estimate of drug-likeness (QED) is 0.490. The number of hydrogen-bond acceptors (Lipinski definition) is 8. The molecule has 3 aromatic rings. The van der Waals surface area contributed by atoms with Crippen LogP contribution in [0.15, 0.2) is 36.4 Å². The SMILES string of the molecule is COc1cc2c(N)nc(N3CCN(C(=O)C[C@@H](N)Cc4ccccc4)C[C@@H]3C)nc2c(F)c1OC.Cl. The number of anilines is 2. The molecule has 1 amide bonds. The third kappa shape index (κ3) is 5.55. The van der Waals surface area contributed by atoms with E-state index in [9.17, 15) is 4.79 Å². The molecule has 1 fully saturated rings. The van der Waals surface area contributed by atoms with Crippen molar-refractivity contribution in [2.75, 3.05) is 44.5 Å². The molecule has 9 nitrogen and oxygen atoms in total. The summed E-state index contributed by atoms with van der Waals surface area (Å²) in [5.41, 5.74) is 13.6. The zero-order chi connectivity index (χ0) is 25.1. The molecule has 1 aliphatic heterocycles. The number of piperazine rings is 1. The average Bonchev–Trinajstić information content (AvgIpc) is 2.84. The lowest BCUT2D eigenvalue weighted by atomic mass is 10.0. The molecule has 0 spiro atoms. The third-order valence-electron chi connectivity index (χ3n) is 6.31. The number of hydrogen-bond donors (Lipinski definition) is 2. The van der Waals surface area contributed by atoms with Crippen LogP contribution in [-0.4, -0.2) is 66.7 Å². The molecule has 0 saturated carbocycles. The van der Waals surface area contributed by atoms with Crippen LogP contribution in [0.2, 0.25) is 0 Å². The molecule has 4 N–H and O–H groups in total. The lowest BCUT2D eigenvalue weighted by Crippen LogP contribution is -2.55. The van der Waals surface area contributed by atoms with E-state index in [-0.39, 0.29) is 59.7 Å². The van der Waals surface area contributed by atoms with Crippen LogP contribution in [0.5, 0.6) is 11.5 Å². The predicted octanol–water partition coefficient (Wildman–Crippen LogP) is 2.79. The Kier molecular flexibility index (Phi) is 8.75. The molecule has 1 aromatic heterocycles. The zero-order valence-electron chi connectivity index (χ0n) is 20.6. The van der Waals surface area contributed by atoms with E-state index in [0.717, 1.165) is 5.56 Å². The summed E-state index contributed by atoms with van der Waals surface area (Å²) < 4.78 is 25.5. The first-order valence-electron chi connectivity index (χ1n) is 11.5. The largest absolute Gasteiger partial charge is 0.493 e. The second kappa shape index (κ2) is 11.6. The number of benzene rings is 2. The standard InChI is InChI=1S/C25H31FN6O3.ClH/c1-15-14-31(20(33)12-17(27)11-16-7-5-4-6-8-16)9-10-32(15)25-29-22-18(24(28)30-25)13-19(34-2)23(35-3)21(22)26;/h4-8,13,15,17H,9-12,14,27H2,1-3H3,(H2,28,29,30);1H/t15-,17-;/m0./s1. The maximum absolute atomic E-state index is 15.2. The van der Waals surface area contributed by atoms with Crippen LogP contribution in [-0.2, 0) is 11.2 Å². The van der Waals surface area contributed by atoms with Gasteiger partial charge in [-0.2, -0.15) is 4.98 Å². The molecule has 1 aliphatic rings. The second-order valence-electron chi connectivity index (χ2n) is 8.77. The number of methoxy groups -OCH3 is 2. The van der Waals surface area contributed by atoms with Crippen molar-refractivity contribution in [1.29, 1.82) is 0 Å². The molecule has 0 aliphatic carbocycles. The smallest absolute Gasteiger partial charge is 0.228 e. The lowest BCUT2D eigenvalue weighted by molar-refractivity contribution is -0.132. The van der Waals surface area contributed by atoms with Crippen LogP contribution in [0.4, 0.5) is 16.2 Å². The van der Waals surface area contributed by atoms with Crippen LogP contribution in [0.25, 0.3) is 10.9 Å². The van der Waals surface area contributed by atoms with E-state index >= 15 is 4.39 Å². The Bertz CT molecular complexity index is 1220. The Labute approximate surface area is 216 Å². The first-order chi connectivity index (χ1) is 16.8. The first kappa shape index (κ1) is 27.2. The average molecular weight is 519 g/mol. The van der Waals surface area contributed by atoms with Gasteiger partial charge in [0.2, 0.25) is 11.9 Å². The summed E-state index contributed by atoms with van der Waals surface area (Å²) in [7, 11) is 2.79. The number of halogens is 2. The van der Waals surface area contributed by atoms with Gasteiger partial charge in [0.15, 0.2) is 17.3 Å². The highest BCUT2D eigenvalue weighted by molar-refractivity contribution is 5.92. The van der Waals surface area contributed by atoms with E-state index in [4.69, 9.17) is 20.9 Å². The van der Waals surface area contributed by atoms with Gasteiger partial charge >= 0.3 is 0 Å². The molecule has 194 valence electrons. The van der Waals surface area contributed by atoms with E-state index in [2.05, 4.69) is 9.97 Å². The molecule has 4 rings (SSSR count). The molecular formula is C25H32ClFN6O3. The van der Waals surface area contributed by atoms with E-state index < -0.39 is 5.82 Å². The van der Waals surface area contributed by atoms with Crippen molar-refractivity contribution in [1.82, 2.24) is 14.9 Å². The van der Waals surface area contributed by atoms with Crippen molar-refractivity contribution < 1.29 is 18.7 Å². The van der Waals surface area contributed by atoms with Gasteiger partial charge < -0.3 is 30.7 Å². The Morgan fingerprint density at radius 2 is 1.92 bits per heavy atom. The minimum Gasteiger partial charge on any atom is -0.493 e. The maximum Gasteiger partial charge on any atom is 0.228 e. The Balaban J connectivity index is 0.00000361. The van der Waals surface area contributed by atoms with Gasteiger partial charge in [-0.3, -0.25) is 4.79 Å². The minimum atomic E-state index is -0.661. The maximum atomic E-state index is 15.2. The monoisotopic (exact) mass is 518 g/mol. The van der Waals surface area contributed by atoms with Gasteiger partial charge in [-0.05, 0) is 25.0 Å². The van der Waals surface area contributed by atoms with E-state index in [1.54, 1.807) is 6.07 Å². The summed E-state index contributed by atoms with van der Waals surface area (Å²) in [6.07, 6.45) is 0.917. The highest BCUT2D eigenvalue weighted by atomic mass is 35.5. The highest BCUT2D eigenvalue weighted by Gasteiger charge is 2.30. The van der Waals surface area contributed by atoms with Crippen LogP contribution in [0.3, 0.4) is 0 Å². The van der Waals surface area contributed by atoms with Crippen molar-refractivity contribution in [3.63, 3.8) is 0 Å². The first-order valence-corrected chi connectivity index (χ1v) is 11.5. The number of nitrogens with zero attached hydrogens (tertiary/aromatic N) is 4. The van der Waals surface area contributed by atoms with Crippen LogP contribution in [0, 0.1) is 5.82 Å². The van der Waals surface area contributed by atoms with Gasteiger partial charge in [0, 0.05) is 43.5 Å². The van der Waals surface area contributed by atoms with Gasteiger partial charge in [0.05, 0.1) is 14.2 Å². The Hall–Kier alpha value is -3.37. The molecular weight excluding hydrogens is 487 g/mol. The Morgan fingerprint density at radius 1 is 1.19 bits per heavy atom. The number of rotatable bonds is 7. The predicted molar refractivity (Wildman–Crippen MR) is 140 cm³/mol. The summed E-state index contributed by atoms with van der Waals surface area (Å²) in [6.45, 7) is 3.42. The fourth-order valence-corrected chi connectivity index (χ4v) is 4.49. The number of ether oxygens (including phenoxy) is 2. The van der Waals surface area contributed by atoms with Gasteiger partial charge in [0.25, 0.3) is 0 Å². The lowest BCUT2D eigenvalue weighted by Gasteiger charge is -2.40. The molecule has 2 aromatic carbocycles. The number of nitrogens with two attached hydrogens (primary N) is 2. The number of amides is 1. The number of nitrogen functional groups attached to an aromatic ring is 1. The van der Waals surface area contributed by atoms with Gasteiger partial charge in [-0.15, -0.1) is 12.4 Å². The molecule has 1 saturated heterocycles. The number of carbonyl (C=O) groups is 1. The fraction of sp³-hybridized carbons (Fsp3) is 0.400. The van der Waals surface area contributed by atoms with Gasteiger partial charge in [-0.1, -0.05) is 30.3 Å². The topological polar surface area (TPSA) is 120 Å². The van der Waals surface area contributed by atoms with Crippen LogP contribution >= 0.6 is 12.4 Å². The van der Waals surface area contributed by atoms with Crippen LogP contribution < -0.4 is 25.8 Å². The molecule has 0 unspecified atom stereocenters. The molecule has 0 radical (unpaired) electrons. The highest BCUT2D eigenvalue weighted by Crippen LogP contribution is 2.37. The van der Waals surface area contributed by atoms with Crippen molar-refractivity contribution in [2.24, 2.45) is 5.73 Å². The molecule has 2 heterocycles. The Morgan fingerprint density at radius 3 is 2.56 bits per heavy atom. The summed E-state index contributed by atoms with van der Waals surface area (Å²) in [5.74, 6) is -0.0253. The number of aromatic nitrogens is 2. The number of fused-ring (bicyclic) bond motifs is 1. The summed E-state index contributed by atoms with van der Waals surface area (Å²) in [4.78, 5) is 25.5. The van der Waals surface area contributed by atoms with Crippen LogP contribution in [0.1, 0.15) is 18.9 Å². The fourth-order valence-electron chi connectivity index (χ4n) is 4.49. The van der Waals surface area contributed by atoms with Gasteiger partial charge in [0.1, 0.15) is 11.3 Å². The molecule has 11 heteroatoms. The summed E-state index contributed by atoms with van der Waals surface area (Å²) in [5, 5.41) is 0.345. The normalized spacial score (nSPS) is 16.4. The summed E-state index contributed by atoms with van der Waals surface area (Å²) in [6, 6.07) is 11.1. The van der Waals surface area contributed by atoms with E-state index in [0.29, 0.717) is 37.4 Å².